The Bertz CT molecular complexity index is 825. The second-order valence-electron chi connectivity index (χ2n) is 6.18. The van der Waals surface area contributed by atoms with Gasteiger partial charge in [-0.25, -0.2) is 9.78 Å². The van der Waals surface area contributed by atoms with Crippen molar-refractivity contribution in [1.82, 2.24) is 19.8 Å². The maximum absolute atomic E-state index is 12.5. The highest BCUT2D eigenvalue weighted by Gasteiger charge is 2.20. The maximum atomic E-state index is 12.5. The van der Waals surface area contributed by atoms with Gasteiger partial charge in [-0.3, -0.25) is 0 Å². The fraction of sp³-hybridized carbons (Fsp3) is 0.353. The van der Waals surface area contributed by atoms with E-state index in [1.807, 2.05) is 7.05 Å². The third-order valence-corrected chi connectivity index (χ3v) is 4.97. The quantitative estimate of drug-likeness (QED) is 0.717. The van der Waals surface area contributed by atoms with Crippen molar-refractivity contribution >= 4 is 52.4 Å². The Morgan fingerprint density at radius 1 is 1.15 bits per heavy atom. The molecule has 0 atom stereocenters. The van der Waals surface area contributed by atoms with E-state index in [0.717, 1.165) is 13.1 Å². The van der Waals surface area contributed by atoms with E-state index in [1.165, 1.54) is 0 Å². The highest BCUT2D eigenvalue weighted by atomic mass is 35.5. The molecule has 8 nitrogen and oxygen atoms in total. The number of carbonyl (C=O) groups is 1. The fourth-order valence-electron chi connectivity index (χ4n) is 2.63. The number of rotatable bonds is 4. The van der Waals surface area contributed by atoms with Crippen LogP contribution in [0.2, 0.25) is 10.0 Å². The summed E-state index contributed by atoms with van der Waals surface area (Å²) < 4.78 is 0. The normalized spacial score (nSPS) is 14.7. The Morgan fingerprint density at radius 2 is 1.89 bits per heavy atom. The minimum Gasteiger partial charge on any atom is -0.371 e. The minimum atomic E-state index is -0.159. The van der Waals surface area contributed by atoms with Crippen LogP contribution in [0.15, 0.2) is 24.4 Å². The summed E-state index contributed by atoms with van der Waals surface area (Å²) in [6.07, 6.45) is 1.56. The van der Waals surface area contributed by atoms with E-state index < -0.39 is 0 Å². The van der Waals surface area contributed by atoms with Crippen LogP contribution in [0.25, 0.3) is 0 Å². The first-order valence-electron chi connectivity index (χ1n) is 8.47. The second-order valence-corrected chi connectivity index (χ2v) is 6.99. The molecule has 27 heavy (non-hydrogen) atoms. The molecule has 0 saturated carbocycles. The summed E-state index contributed by atoms with van der Waals surface area (Å²) in [5, 5.41) is 9.82. The zero-order valence-electron chi connectivity index (χ0n) is 15.1. The molecule has 0 bridgehead atoms. The van der Waals surface area contributed by atoms with Gasteiger partial charge in [0.15, 0.2) is 5.82 Å². The van der Waals surface area contributed by atoms with Gasteiger partial charge < -0.3 is 25.8 Å². The van der Waals surface area contributed by atoms with Crippen molar-refractivity contribution < 1.29 is 4.79 Å². The predicted octanol–water partition coefficient (Wildman–Crippen LogP) is 3.35. The van der Waals surface area contributed by atoms with Gasteiger partial charge in [-0.1, -0.05) is 23.2 Å². The third-order valence-electron chi connectivity index (χ3n) is 4.23. The highest BCUT2D eigenvalue weighted by molar-refractivity contribution is 6.42. The SMILES string of the molecule is CNc1nc(Nc2ccc(Cl)c(Cl)c2)ncc1NC(=O)N1CCN(C)CC1. The number of amides is 2. The Labute approximate surface area is 167 Å². The van der Waals surface area contributed by atoms with Gasteiger partial charge in [0.25, 0.3) is 0 Å². The maximum Gasteiger partial charge on any atom is 0.322 e. The van der Waals surface area contributed by atoms with Crippen LogP contribution in [-0.4, -0.2) is 66.1 Å². The van der Waals surface area contributed by atoms with Crippen LogP contribution >= 0.6 is 23.2 Å². The number of likely N-dealkylation sites (N-methyl/N-ethyl adjacent to an activating group) is 1. The lowest BCUT2D eigenvalue weighted by atomic mass is 10.3. The van der Waals surface area contributed by atoms with Crippen molar-refractivity contribution in [2.24, 2.45) is 0 Å². The summed E-state index contributed by atoms with van der Waals surface area (Å²) in [7, 11) is 3.78. The number of nitrogens with one attached hydrogen (secondary N) is 3. The number of benzene rings is 1. The summed E-state index contributed by atoms with van der Waals surface area (Å²) in [4.78, 5) is 25.1. The lowest BCUT2D eigenvalue weighted by molar-refractivity contribution is 0.164. The topological polar surface area (TPSA) is 85.4 Å². The Balaban J connectivity index is 1.70. The van der Waals surface area contributed by atoms with Gasteiger partial charge in [-0.15, -0.1) is 0 Å². The molecule has 1 aromatic heterocycles. The molecule has 3 N–H and O–H groups in total. The number of anilines is 4. The molecule has 2 aromatic rings. The van der Waals surface area contributed by atoms with E-state index >= 15 is 0 Å². The first-order chi connectivity index (χ1) is 13.0. The second kappa shape index (κ2) is 8.60. The summed E-state index contributed by atoms with van der Waals surface area (Å²) in [6, 6.07) is 5.00. The van der Waals surface area contributed by atoms with E-state index in [1.54, 1.807) is 36.3 Å². The number of urea groups is 1. The van der Waals surface area contributed by atoms with Crippen molar-refractivity contribution in [3.8, 4) is 0 Å². The van der Waals surface area contributed by atoms with Gasteiger partial charge in [-0.05, 0) is 25.2 Å². The number of carbonyl (C=O) groups excluding carboxylic acids is 1. The number of nitrogens with zero attached hydrogens (tertiary/aromatic N) is 4. The number of piperazine rings is 1. The molecule has 1 aliphatic heterocycles. The smallest absolute Gasteiger partial charge is 0.322 e. The van der Waals surface area contributed by atoms with Gasteiger partial charge in [0.1, 0.15) is 5.69 Å². The van der Waals surface area contributed by atoms with Crippen LogP contribution in [0.1, 0.15) is 0 Å². The first kappa shape index (κ1) is 19.5. The van der Waals surface area contributed by atoms with Gasteiger partial charge in [0, 0.05) is 38.9 Å². The van der Waals surface area contributed by atoms with Crippen molar-refractivity contribution in [2.75, 3.05) is 56.2 Å². The summed E-state index contributed by atoms with van der Waals surface area (Å²) in [5.74, 6) is 0.880. The van der Waals surface area contributed by atoms with E-state index in [9.17, 15) is 4.79 Å². The zero-order chi connectivity index (χ0) is 19.4. The first-order valence-corrected chi connectivity index (χ1v) is 9.23. The minimum absolute atomic E-state index is 0.159. The molecule has 0 unspecified atom stereocenters. The number of hydrogen-bond donors (Lipinski definition) is 3. The molecule has 0 spiro atoms. The molecule has 1 fully saturated rings. The molecule has 2 heterocycles. The number of hydrogen-bond acceptors (Lipinski definition) is 6. The van der Waals surface area contributed by atoms with Crippen molar-refractivity contribution in [2.45, 2.75) is 0 Å². The Kier molecular flexibility index (Phi) is 6.20. The van der Waals surface area contributed by atoms with Crippen molar-refractivity contribution in [3.05, 3.63) is 34.4 Å². The molecule has 1 aromatic carbocycles. The number of halogens is 2. The lowest BCUT2D eigenvalue weighted by Gasteiger charge is -2.32. The molecular weight excluding hydrogens is 389 g/mol. The summed E-state index contributed by atoms with van der Waals surface area (Å²) in [5.41, 5.74) is 1.22. The van der Waals surface area contributed by atoms with Crippen LogP contribution in [-0.2, 0) is 0 Å². The van der Waals surface area contributed by atoms with Gasteiger partial charge in [-0.2, -0.15) is 4.98 Å². The lowest BCUT2D eigenvalue weighted by Crippen LogP contribution is -2.48. The Hall–Kier alpha value is -2.29. The Morgan fingerprint density at radius 3 is 2.56 bits per heavy atom. The van der Waals surface area contributed by atoms with Crippen molar-refractivity contribution in [1.29, 1.82) is 0 Å². The van der Waals surface area contributed by atoms with Crippen LogP contribution < -0.4 is 16.0 Å². The average molecular weight is 410 g/mol. The van der Waals surface area contributed by atoms with E-state index in [-0.39, 0.29) is 6.03 Å². The zero-order valence-corrected chi connectivity index (χ0v) is 16.6. The van der Waals surface area contributed by atoms with Crippen LogP contribution in [0.4, 0.5) is 27.9 Å². The monoisotopic (exact) mass is 409 g/mol. The molecule has 2 amide bonds. The molecule has 0 radical (unpaired) electrons. The molecular formula is C17H21Cl2N7O. The largest absolute Gasteiger partial charge is 0.371 e. The summed E-state index contributed by atoms with van der Waals surface area (Å²) >= 11 is 11.9. The predicted molar refractivity (Wildman–Crippen MR) is 109 cm³/mol. The van der Waals surface area contributed by atoms with Gasteiger partial charge in [0.2, 0.25) is 5.95 Å². The highest BCUT2D eigenvalue weighted by Crippen LogP contribution is 2.27. The van der Waals surface area contributed by atoms with Gasteiger partial charge >= 0.3 is 6.03 Å². The average Bonchev–Trinajstić information content (AvgIpc) is 2.66. The van der Waals surface area contributed by atoms with Crippen LogP contribution in [0.3, 0.4) is 0 Å². The molecule has 3 rings (SSSR count). The van der Waals surface area contributed by atoms with E-state index in [4.69, 9.17) is 23.2 Å². The molecule has 144 valence electrons. The van der Waals surface area contributed by atoms with E-state index in [0.29, 0.717) is 46.3 Å². The molecule has 1 saturated heterocycles. The van der Waals surface area contributed by atoms with Crippen LogP contribution in [0, 0.1) is 0 Å². The van der Waals surface area contributed by atoms with Crippen LogP contribution in [0.5, 0.6) is 0 Å². The molecule has 1 aliphatic rings. The number of aromatic nitrogens is 2. The van der Waals surface area contributed by atoms with Gasteiger partial charge in [0.05, 0.1) is 16.2 Å². The molecule has 10 heteroatoms. The van der Waals surface area contributed by atoms with Crippen molar-refractivity contribution in [3.63, 3.8) is 0 Å². The standard InChI is InChI=1S/C17H21Cl2N7O/c1-20-15-14(23-17(27)26-7-5-25(2)6-8-26)10-21-16(24-15)22-11-3-4-12(18)13(19)9-11/h3-4,9-10H,5-8H2,1-2H3,(H,23,27)(H2,20,21,22,24). The fourth-order valence-corrected chi connectivity index (χ4v) is 2.93. The molecule has 0 aliphatic carbocycles. The van der Waals surface area contributed by atoms with E-state index in [2.05, 4.69) is 30.8 Å². The third kappa shape index (κ3) is 4.91. The summed E-state index contributed by atoms with van der Waals surface area (Å²) in [6.45, 7) is 3.09.